The Bertz CT molecular complexity index is 625. The highest BCUT2D eigenvalue weighted by atomic mass is 19.4. The Morgan fingerprint density at radius 1 is 1.25 bits per heavy atom. The Labute approximate surface area is 140 Å². The van der Waals surface area contributed by atoms with Crippen molar-refractivity contribution in [1.82, 2.24) is 9.78 Å². The number of carbonyl (C=O) groups is 1. The van der Waals surface area contributed by atoms with Gasteiger partial charge in [0.25, 0.3) is 0 Å². The van der Waals surface area contributed by atoms with Crippen molar-refractivity contribution in [3.05, 3.63) is 17.0 Å². The number of fused-ring (bicyclic) bond motifs is 1. The monoisotopic (exact) mass is 342 g/mol. The molecule has 2 aliphatic rings. The van der Waals surface area contributed by atoms with Crippen LogP contribution < -0.4 is 0 Å². The molecule has 0 spiro atoms. The predicted octanol–water partition coefficient (Wildman–Crippen LogP) is 4.82. The quantitative estimate of drug-likeness (QED) is 0.786. The molecule has 1 fully saturated rings. The predicted molar refractivity (Wildman–Crippen MR) is 85.2 cm³/mol. The highest BCUT2D eigenvalue weighted by Crippen LogP contribution is 2.40. The highest BCUT2D eigenvalue weighted by Gasteiger charge is 2.41. The van der Waals surface area contributed by atoms with Gasteiger partial charge in [-0.25, -0.2) is 0 Å². The number of rotatable bonds is 4. The summed E-state index contributed by atoms with van der Waals surface area (Å²) in [5, 5.41) is 4.26. The molecule has 2 aliphatic carbocycles. The second-order valence-electron chi connectivity index (χ2n) is 7.94. The molecular formula is C18H25F3N2O. The van der Waals surface area contributed by atoms with Crippen molar-refractivity contribution in [3.63, 3.8) is 0 Å². The fourth-order valence-corrected chi connectivity index (χ4v) is 4.26. The summed E-state index contributed by atoms with van der Waals surface area (Å²) in [6.45, 7) is 2.70. The third-order valence-electron chi connectivity index (χ3n) is 5.52. The van der Waals surface area contributed by atoms with Gasteiger partial charge in [0.2, 0.25) is 0 Å². The standard InChI is InChI=1S/C18H25F3N2O/c1-17(2)10-9-14(24)15-13(8-7-12-5-3-4-6-12)22-23(16(15)17)11-18(19,20)21/h12H,3-11H2,1-2H3. The number of hydrogen-bond acceptors (Lipinski definition) is 2. The molecular weight excluding hydrogens is 317 g/mol. The number of nitrogens with zero attached hydrogens (tertiary/aromatic N) is 2. The first-order valence-corrected chi connectivity index (χ1v) is 8.87. The van der Waals surface area contributed by atoms with Gasteiger partial charge in [-0.05, 0) is 25.2 Å². The number of aryl methyl sites for hydroxylation is 1. The van der Waals surface area contributed by atoms with Crippen molar-refractivity contribution in [2.75, 3.05) is 0 Å². The van der Waals surface area contributed by atoms with E-state index < -0.39 is 18.1 Å². The number of aromatic nitrogens is 2. The second-order valence-corrected chi connectivity index (χ2v) is 7.94. The number of Topliss-reactive ketones (excluding diaryl/α,β-unsaturated/α-hetero) is 1. The van der Waals surface area contributed by atoms with Crippen LogP contribution in [0.4, 0.5) is 13.2 Å². The first-order chi connectivity index (χ1) is 11.2. The lowest BCUT2D eigenvalue weighted by Gasteiger charge is -2.30. The van der Waals surface area contributed by atoms with Gasteiger partial charge in [0.15, 0.2) is 5.78 Å². The van der Waals surface area contributed by atoms with E-state index in [4.69, 9.17) is 0 Å². The molecule has 0 aromatic carbocycles. The molecule has 1 saturated carbocycles. The summed E-state index contributed by atoms with van der Waals surface area (Å²) < 4.78 is 39.9. The molecule has 0 radical (unpaired) electrons. The second kappa shape index (κ2) is 6.19. The smallest absolute Gasteiger partial charge is 0.294 e. The van der Waals surface area contributed by atoms with E-state index >= 15 is 0 Å². The largest absolute Gasteiger partial charge is 0.408 e. The van der Waals surface area contributed by atoms with E-state index in [1.165, 1.54) is 25.7 Å². The normalized spacial score (nSPS) is 21.3. The Balaban J connectivity index is 1.94. The van der Waals surface area contributed by atoms with Crippen LogP contribution in [0.15, 0.2) is 0 Å². The molecule has 3 rings (SSSR count). The summed E-state index contributed by atoms with van der Waals surface area (Å²) >= 11 is 0. The molecule has 1 aromatic rings. The summed E-state index contributed by atoms with van der Waals surface area (Å²) in [5.41, 5.74) is 1.09. The average Bonchev–Trinajstić information content (AvgIpc) is 3.07. The van der Waals surface area contributed by atoms with Crippen molar-refractivity contribution in [1.29, 1.82) is 0 Å². The van der Waals surface area contributed by atoms with Gasteiger partial charge in [-0.2, -0.15) is 18.3 Å². The third-order valence-corrected chi connectivity index (χ3v) is 5.52. The minimum atomic E-state index is -4.33. The van der Waals surface area contributed by atoms with Gasteiger partial charge in [-0.3, -0.25) is 9.48 Å². The van der Waals surface area contributed by atoms with Crippen LogP contribution in [-0.2, 0) is 18.4 Å². The van der Waals surface area contributed by atoms with Crippen LogP contribution in [0.3, 0.4) is 0 Å². The first-order valence-electron chi connectivity index (χ1n) is 8.87. The summed E-state index contributed by atoms with van der Waals surface area (Å²) in [7, 11) is 0. The maximum absolute atomic E-state index is 13.0. The Hall–Kier alpha value is -1.33. The van der Waals surface area contributed by atoms with Crippen molar-refractivity contribution in [3.8, 4) is 0 Å². The number of hydrogen-bond donors (Lipinski definition) is 0. The number of alkyl halides is 3. The minimum absolute atomic E-state index is 0.0424. The van der Waals surface area contributed by atoms with E-state index in [2.05, 4.69) is 5.10 Å². The molecule has 24 heavy (non-hydrogen) atoms. The van der Waals surface area contributed by atoms with Crippen LogP contribution in [0.25, 0.3) is 0 Å². The zero-order valence-corrected chi connectivity index (χ0v) is 14.4. The van der Waals surface area contributed by atoms with Crippen LogP contribution in [0.2, 0.25) is 0 Å². The molecule has 1 heterocycles. The SMILES string of the molecule is CC1(C)CCC(=O)c2c(CCC3CCCC3)nn(CC(F)(F)F)c21. The molecule has 0 amide bonds. The molecule has 0 aliphatic heterocycles. The zero-order valence-electron chi connectivity index (χ0n) is 14.4. The van der Waals surface area contributed by atoms with Gasteiger partial charge >= 0.3 is 6.18 Å². The highest BCUT2D eigenvalue weighted by molar-refractivity contribution is 5.99. The number of halogens is 3. The Morgan fingerprint density at radius 3 is 2.54 bits per heavy atom. The summed E-state index contributed by atoms with van der Waals surface area (Å²) in [6.07, 6.45) is 3.00. The molecule has 0 saturated heterocycles. The van der Waals surface area contributed by atoms with Crippen LogP contribution in [-0.4, -0.2) is 21.7 Å². The molecule has 0 N–H and O–H groups in total. The molecule has 134 valence electrons. The molecule has 0 unspecified atom stereocenters. The van der Waals surface area contributed by atoms with Gasteiger partial charge in [0.1, 0.15) is 6.54 Å². The summed E-state index contributed by atoms with van der Waals surface area (Å²) in [5.74, 6) is 0.583. The molecule has 0 bridgehead atoms. The van der Waals surface area contributed by atoms with Gasteiger partial charge in [0, 0.05) is 11.8 Å². The average molecular weight is 342 g/mol. The summed E-state index contributed by atoms with van der Waals surface area (Å²) in [6, 6.07) is 0. The van der Waals surface area contributed by atoms with Crippen molar-refractivity contribution >= 4 is 5.78 Å². The summed E-state index contributed by atoms with van der Waals surface area (Å²) in [4.78, 5) is 12.4. The minimum Gasteiger partial charge on any atom is -0.294 e. The zero-order chi connectivity index (χ0) is 17.5. The van der Waals surface area contributed by atoms with Gasteiger partial charge in [0.05, 0.1) is 17.0 Å². The van der Waals surface area contributed by atoms with Crippen LogP contribution in [0.5, 0.6) is 0 Å². The molecule has 3 nitrogen and oxygen atoms in total. The van der Waals surface area contributed by atoms with Crippen LogP contribution >= 0.6 is 0 Å². The Morgan fingerprint density at radius 2 is 1.92 bits per heavy atom. The number of ketones is 1. The van der Waals surface area contributed by atoms with E-state index in [1.807, 2.05) is 13.8 Å². The molecule has 6 heteroatoms. The number of carbonyl (C=O) groups excluding carboxylic acids is 1. The van der Waals surface area contributed by atoms with E-state index in [0.29, 0.717) is 42.1 Å². The lowest BCUT2D eigenvalue weighted by Crippen LogP contribution is -2.32. The van der Waals surface area contributed by atoms with E-state index in [1.54, 1.807) is 0 Å². The molecule has 0 atom stereocenters. The first kappa shape index (κ1) is 17.5. The maximum atomic E-state index is 13.0. The van der Waals surface area contributed by atoms with Gasteiger partial charge in [-0.15, -0.1) is 0 Å². The van der Waals surface area contributed by atoms with E-state index in [0.717, 1.165) is 11.1 Å². The van der Waals surface area contributed by atoms with Gasteiger partial charge in [-0.1, -0.05) is 39.5 Å². The third kappa shape index (κ3) is 3.52. The van der Waals surface area contributed by atoms with Crippen molar-refractivity contribution < 1.29 is 18.0 Å². The van der Waals surface area contributed by atoms with Crippen LogP contribution in [0.1, 0.15) is 80.5 Å². The lowest BCUT2D eigenvalue weighted by atomic mass is 9.75. The Kier molecular flexibility index (Phi) is 4.51. The fraction of sp³-hybridized carbons (Fsp3) is 0.778. The van der Waals surface area contributed by atoms with E-state index in [-0.39, 0.29) is 5.78 Å². The fourth-order valence-electron chi connectivity index (χ4n) is 4.26. The maximum Gasteiger partial charge on any atom is 0.408 e. The molecule has 1 aromatic heterocycles. The van der Waals surface area contributed by atoms with E-state index in [9.17, 15) is 18.0 Å². The van der Waals surface area contributed by atoms with Crippen LogP contribution in [0, 0.1) is 5.92 Å². The lowest BCUT2D eigenvalue weighted by molar-refractivity contribution is -0.143. The van der Waals surface area contributed by atoms with Gasteiger partial charge < -0.3 is 0 Å². The van der Waals surface area contributed by atoms with Crippen molar-refractivity contribution in [2.45, 2.75) is 83.4 Å². The van der Waals surface area contributed by atoms with Crippen molar-refractivity contribution in [2.24, 2.45) is 5.92 Å². The topological polar surface area (TPSA) is 34.9 Å².